The molecule has 1 saturated heterocycles. The van der Waals surface area contributed by atoms with E-state index >= 15 is 0 Å². The maximum Gasteiger partial charge on any atom is 0.253 e. The van der Waals surface area contributed by atoms with Gasteiger partial charge in [-0.3, -0.25) is 9.59 Å². The van der Waals surface area contributed by atoms with Crippen LogP contribution in [0.5, 0.6) is 0 Å². The van der Waals surface area contributed by atoms with Crippen molar-refractivity contribution in [1.29, 1.82) is 0 Å². The molecule has 7 heteroatoms. The number of carbonyl (C=O) groups is 2. The number of pyridine rings is 1. The number of amides is 1. The Bertz CT molecular complexity index is 933. The number of aromatic nitrogens is 1. The molecule has 2 aliphatic rings. The predicted octanol–water partition coefficient (Wildman–Crippen LogP) is 4.63. The van der Waals surface area contributed by atoms with Crippen molar-refractivity contribution in [2.45, 2.75) is 51.0 Å². The van der Waals surface area contributed by atoms with Gasteiger partial charge < -0.3 is 10.2 Å². The lowest BCUT2D eigenvalue weighted by atomic mass is 9.83. The molecule has 0 unspecified atom stereocenters. The number of benzene rings is 1. The number of carbonyl (C=O) groups excluding carboxylic acids is 2. The lowest BCUT2D eigenvalue weighted by Gasteiger charge is -2.34. The van der Waals surface area contributed by atoms with Gasteiger partial charge in [-0.05, 0) is 107 Å². The van der Waals surface area contributed by atoms with E-state index in [-0.39, 0.29) is 29.5 Å². The van der Waals surface area contributed by atoms with Gasteiger partial charge in [0.15, 0.2) is 5.78 Å². The Morgan fingerprint density at radius 3 is 2.21 bits per heavy atom. The van der Waals surface area contributed by atoms with Crippen LogP contribution in [0, 0.1) is 23.6 Å². The van der Waals surface area contributed by atoms with E-state index in [0.717, 1.165) is 64.6 Å². The molecule has 0 radical (unpaired) electrons. The van der Waals surface area contributed by atoms with Gasteiger partial charge in [-0.15, -0.1) is 0 Å². The highest BCUT2D eigenvalue weighted by Gasteiger charge is 2.27. The summed E-state index contributed by atoms with van der Waals surface area (Å²) < 4.78 is 26.0. The molecule has 0 spiro atoms. The van der Waals surface area contributed by atoms with E-state index in [0.29, 0.717) is 17.0 Å². The van der Waals surface area contributed by atoms with Gasteiger partial charge in [0.25, 0.3) is 5.91 Å². The van der Waals surface area contributed by atoms with Crippen LogP contribution in [-0.2, 0) is 0 Å². The number of halogens is 2. The maximum absolute atomic E-state index is 13.1. The summed E-state index contributed by atoms with van der Waals surface area (Å²) in [6.45, 7) is 2.89. The quantitative estimate of drug-likeness (QED) is 0.488. The first-order valence-electron chi connectivity index (χ1n) is 11.9. The van der Waals surface area contributed by atoms with E-state index < -0.39 is 5.95 Å². The van der Waals surface area contributed by atoms with Crippen molar-refractivity contribution in [1.82, 2.24) is 15.2 Å². The first kappa shape index (κ1) is 23.5. The highest BCUT2D eigenvalue weighted by Crippen LogP contribution is 2.28. The lowest BCUT2D eigenvalue weighted by molar-refractivity contribution is 0.0832. The third-order valence-electron chi connectivity index (χ3n) is 7.11. The zero-order chi connectivity index (χ0) is 23.2. The summed E-state index contributed by atoms with van der Waals surface area (Å²) in [6, 6.07) is 8.68. The first-order valence-corrected chi connectivity index (χ1v) is 11.9. The van der Waals surface area contributed by atoms with Crippen molar-refractivity contribution in [3.63, 3.8) is 0 Å². The molecule has 176 valence electrons. The van der Waals surface area contributed by atoms with Gasteiger partial charge in [-0.25, -0.2) is 9.37 Å². The van der Waals surface area contributed by atoms with Crippen LogP contribution in [0.25, 0.3) is 0 Å². The second-order valence-corrected chi connectivity index (χ2v) is 9.34. The molecule has 2 aromatic rings. The van der Waals surface area contributed by atoms with Crippen LogP contribution in [0.1, 0.15) is 65.7 Å². The summed E-state index contributed by atoms with van der Waals surface area (Å²) in [5, 5.41) is 3.05. The Kier molecular flexibility index (Phi) is 7.81. The van der Waals surface area contributed by atoms with Gasteiger partial charge in [0.2, 0.25) is 5.95 Å². The summed E-state index contributed by atoms with van der Waals surface area (Å²) in [5.41, 5.74) is 0.995. The zero-order valence-corrected chi connectivity index (χ0v) is 18.8. The number of hydrogen-bond donors (Lipinski definition) is 1. The second-order valence-electron chi connectivity index (χ2n) is 9.34. The van der Waals surface area contributed by atoms with Crippen LogP contribution in [0.15, 0.2) is 42.6 Å². The Morgan fingerprint density at radius 1 is 0.909 bits per heavy atom. The van der Waals surface area contributed by atoms with E-state index in [2.05, 4.69) is 15.2 Å². The number of nitrogens with one attached hydrogen (secondary N) is 1. The third-order valence-corrected chi connectivity index (χ3v) is 7.11. The average Bonchev–Trinajstić information content (AvgIpc) is 2.84. The van der Waals surface area contributed by atoms with Crippen molar-refractivity contribution in [3.05, 3.63) is 65.5 Å². The van der Waals surface area contributed by atoms with E-state index in [4.69, 9.17) is 0 Å². The van der Waals surface area contributed by atoms with E-state index in [1.165, 1.54) is 30.5 Å². The summed E-state index contributed by atoms with van der Waals surface area (Å²) in [5.74, 6) is -0.277. The van der Waals surface area contributed by atoms with Crippen LogP contribution in [-0.4, -0.2) is 47.3 Å². The molecule has 1 aliphatic carbocycles. The molecule has 4 rings (SSSR count). The number of ketones is 1. The number of likely N-dealkylation sites (tertiary alicyclic amines) is 1. The molecule has 2 heterocycles. The molecule has 1 N–H and O–H groups in total. The van der Waals surface area contributed by atoms with Crippen LogP contribution >= 0.6 is 0 Å². The summed E-state index contributed by atoms with van der Waals surface area (Å²) in [7, 11) is 0. The average molecular weight is 456 g/mol. The van der Waals surface area contributed by atoms with Crippen molar-refractivity contribution in [2.24, 2.45) is 11.8 Å². The van der Waals surface area contributed by atoms with Crippen LogP contribution in [0.2, 0.25) is 0 Å². The fourth-order valence-corrected chi connectivity index (χ4v) is 5.01. The molecular weight excluding hydrogens is 424 g/mol. The topological polar surface area (TPSA) is 62.3 Å². The number of nitrogens with zero attached hydrogens (tertiary/aromatic N) is 2. The molecule has 1 saturated carbocycles. The molecular formula is C26H31F2N3O2. The van der Waals surface area contributed by atoms with E-state index in [9.17, 15) is 18.4 Å². The fraction of sp³-hybridized carbons (Fsp3) is 0.500. The number of hydrogen-bond acceptors (Lipinski definition) is 4. The monoisotopic (exact) mass is 455 g/mol. The number of piperidine rings is 1. The first-order chi connectivity index (χ1) is 16.0. The highest BCUT2D eigenvalue weighted by atomic mass is 19.1. The van der Waals surface area contributed by atoms with E-state index in [1.54, 1.807) is 12.1 Å². The van der Waals surface area contributed by atoms with Crippen LogP contribution in [0.3, 0.4) is 0 Å². The Morgan fingerprint density at radius 2 is 1.58 bits per heavy atom. The molecule has 2 fully saturated rings. The van der Waals surface area contributed by atoms with Crippen molar-refractivity contribution in [3.8, 4) is 0 Å². The minimum atomic E-state index is -0.587. The fourth-order valence-electron chi connectivity index (χ4n) is 5.01. The third kappa shape index (κ3) is 6.44. The van der Waals surface area contributed by atoms with Crippen LogP contribution in [0.4, 0.5) is 8.78 Å². The normalized spacial score (nSPS) is 22.1. The van der Waals surface area contributed by atoms with Crippen molar-refractivity contribution >= 4 is 11.7 Å². The van der Waals surface area contributed by atoms with Gasteiger partial charge in [-0.1, -0.05) is 0 Å². The predicted molar refractivity (Wildman–Crippen MR) is 122 cm³/mol. The molecule has 1 aromatic carbocycles. The van der Waals surface area contributed by atoms with E-state index in [1.807, 2.05) is 0 Å². The zero-order valence-electron chi connectivity index (χ0n) is 18.8. The second kappa shape index (κ2) is 11.0. The number of rotatable bonds is 7. The molecule has 1 aromatic heterocycles. The molecule has 1 aliphatic heterocycles. The molecule has 0 bridgehead atoms. The minimum absolute atomic E-state index is 0.0297. The maximum atomic E-state index is 13.1. The summed E-state index contributed by atoms with van der Waals surface area (Å²) in [6.07, 6.45) is 8.21. The Labute approximate surface area is 193 Å². The smallest absolute Gasteiger partial charge is 0.253 e. The molecule has 5 nitrogen and oxygen atoms in total. The number of Topliss-reactive ketones (excluding diaryl/α,β-unsaturated/α-hetero) is 1. The Balaban J connectivity index is 1.14. The van der Waals surface area contributed by atoms with Crippen molar-refractivity contribution < 1.29 is 18.4 Å². The largest absolute Gasteiger partial charge is 0.349 e. The minimum Gasteiger partial charge on any atom is -0.349 e. The molecule has 0 atom stereocenters. The molecule has 1 amide bonds. The van der Waals surface area contributed by atoms with Crippen molar-refractivity contribution in [2.75, 3.05) is 19.6 Å². The highest BCUT2D eigenvalue weighted by molar-refractivity contribution is 5.97. The summed E-state index contributed by atoms with van der Waals surface area (Å²) in [4.78, 5) is 30.9. The SMILES string of the molecule is O=C(NC1CCC(CCN2CCC(C(=O)c3ccc(F)cc3)CC2)CC1)c1ccc(F)nc1. The Hall–Kier alpha value is -2.67. The lowest BCUT2D eigenvalue weighted by Crippen LogP contribution is -2.39. The van der Waals surface area contributed by atoms with Gasteiger partial charge in [0.05, 0.1) is 5.56 Å². The van der Waals surface area contributed by atoms with Crippen LogP contribution < -0.4 is 5.32 Å². The van der Waals surface area contributed by atoms with Gasteiger partial charge >= 0.3 is 0 Å². The standard InChI is InChI=1S/C26H31F2N3O2/c27-22-6-3-19(4-7-22)25(32)20-12-15-31(16-13-20)14-11-18-1-8-23(9-2-18)30-26(33)21-5-10-24(28)29-17-21/h3-7,10,17-18,20,23H,1-2,8-9,11-16H2,(H,30,33). The summed E-state index contributed by atoms with van der Waals surface area (Å²) >= 11 is 0. The van der Waals surface area contributed by atoms with Gasteiger partial charge in [0.1, 0.15) is 5.82 Å². The molecule has 33 heavy (non-hydrogen) atoms. The van der Waals surface area contributed by atoms with Gasteiger partial charge in [0, 0.05) is 23.7 Å². The van der Waals surface area contributed by atoms with Gasteiger partial charge in [-0.2, -0.15) is 4.39 Å².